The van der Waals surface area contributed by atoms with E-state index in [9.17, 15) is 9.59 Å². The van der Waals surface area contributed by atoms with E-state index in [2.05, 4.69) is 10.6 Å². The van der Waals surface area contributed by atoms with Gasteiger partial charge in [0, 0.05) is 5.56 Å². The van der Waals surface area contributed by atoms with Crippen LogP contribution in [0.5, 0.6) is 0 Å². The van der Waals surface area contributed by atoms with E-state index in [1.807, 2.05) is 19.2 Å². The van der Waals surface area contributed by atoms with Crippen molar-refractivity contribution in [2.24, 2.45) is 5.92 Å². The maximum Gasteiger partial charge on any atom is 0.326 e. The first kappa shape index (κ1) is 16.2. The number of amides is 1. The van der Waals surface area contributed by atoms with Crippen molar-refractivity contribution in [1.82, 2.24) is 10.6 Å². The Bertz CT molecular complexity index is 472. The van der Waals surface area contributed by atoms with Gasteiger partial charge in [-0.15, -0.1) is 0 Å². The van der Waals surface area contributed by atoms with Gasteiger partial charge < -0.3 is 15.7 Å². The molecule has 5 heteroatoms. The summed E-state index contributed by atoms with van der Waals surface area (Å²) in [4.78, 5) is 23.4. The Morgan fingerprint density at radius 1 is 1.25 bits per heavy atom. The minimum atomic E-state index is -1.01. The number of rotatable bonds is 7. The fourth-order valence-corrected chi connectivity index (χ4v) is 1.95. The first-order chi connectivity index (χ1) is 9.47. The number of carboxylic acid groups (broad SMARTS) is 1. The molecule has 1 aromatic carbocycles. The van der Waals surface area contributed by atoms with Crippen molar-refractivity contribution in [1.29, 1.82) is 0 Å². The molecular weight excluding hydrogens is 256 g/mol. The molecule has 0 bridgehead atoms. The van der Waals surface area contributed by atoms with Gasteiger partial charge in [0.2, 0.25) is 0 Å². The number of carbonyl (C=O) groups is 2. The molecule has 0 saturated carbocycles. The summed E-state index contributed by atoms with van der Waals surface area (Å²) in [5, 5.41) is 14.7. The van der Waals surface area contributed by atoms with Gasteiger partial charge in [-0.25, -0.2) is 4.79 Å². The van der Waals surface area contributed by atoms with Crippen LogP contribution in [0.1, 0.15) is 29.8 Å². The van der Waals surface area contributed by atoms with Crippen molar-refractivity contribution in [2.45, 2.75) is 26.3 Å². The topological polar surface area (TPSA) is 78.4 Å². The highest BCUT2D eigenvalue weighted by Crippen LogP contribution is 2.11. The van der Waals surface area contributed by atoms with Crippen LogP contribution in [0.15, 0.2) is 24.3 Å². The number of hydrogen-bond donors (Lipinski definition) is 3. The zero-order chi connectivity index (χ0) is 15.1. The molecule has 0 spiro atoms. The number of hydrogen-bond acceptors (Lipinski definition) is 3. The highest BCUT2D eigenvalue weighted by atomic mass is 16.4. The number of carbonyl (C=O) groups excluding carboxylic acids is 1. The van der Waals surface area contributed by atoms with E-state index in [-0.39, 0.29) is 11.8 Å². The summed E-state index contributed by atoms with van der Waals surface area (Å²) >= 11 is 0. The molecule has 1 amide bonds. The molecule has 5 nitrogen and oxygen atoms in total. The Balaban J connectivity index is 2.88. The molecule has 1 rings (SSSR count). The van der Waals surface area contributed by atoms with Crippen molar-refractivity contribution >= 4 is 11.9 Å². The lowest BCUT2D eigenvalue weighted by Gasteiger charge is -2.19. The smallest absolute Gasteiger partial charge is 0.326 e. The lowest BCUT2D eigenvalue weighted by atomic mass is 10.0. The highest BCUT2D eigenvalue weighted by molar-refractivity contribution is 5.97. The third kappa shape index (κ3) is 4.35. The van der Waals surface area contributed by atoms with Crippen LogP contribution in [0, 0.1) is 5.92 Å². The van der Waals surface area contributed by atoms with Crippen molar-refractivity contribution in [3.63, 3.8) is 0 Å². The third-order valence-electron chi connectivity index (χ3n) is 3.13. The normalized spacial score (nSPS) is 12.2. The molecular formula is C15H22N2O3. The fourth-order valence-electron chi connectivity index (χ4n) is 1.95. The minimum Gasteiger partial charge on any atom is -0.480 e. The Hall–Kier alpha value is -1.88. The van der Waals surface area contributed by atoms with Crippen LogP contribution in [0.3, 0.4) is 0 Å². The van der Waals surface area contributed by atoms with Crippen molar-refractivity contribution in [3.05, 3.63) is 35.4 Å². The molecule has 0 aliphatic carbocycles. The Morgan fingerprint density at radius 2 is 1.90 bits per heavy atom. The standard InChI is InChI=1S/C15H22N2O3/c1-10(2)13(15(19)20)17-14(18)12-7-5-4-6-11(12)8-9-16-3/h4-7,10,13,16H,8-9H2,1-3H3,(H,17,18)(H,19,20). The molecule has 20 heavy (non-hydrogen) atoms. The molecule has 1 atom stereocenters. The first-order valence-corrected chi connectivity index (χ1v) is 6.73. The summed E-state index contributed by atoms with van der Waals surface area (Å²) in [6, 6.07) is 6.39. The lowest BCUT2D eigenvalue weighted by Crippen LogP contribution is -2.44. The van der Waals surface area contributed by atoms with Crippen LogP contribution in [-0.2, 0) is 11.2 Å². The van der Waals surface area contributed by atoms with Gasteiger partial charge in [0.15, 0.2) is 0 Å². The lowest BCUT2D eigenvalue weighted by molar-refractivity contribution is -0.140. The average Bonchev–Trinajstić information content (AvgIpc) is 2.41. The molecule has 0 saturated heterocycles. The molecule has 3 N–H and O–H groups in total. The second-order valence-corrected chi connectivity index (χ2v) is 5.04. The molecule has 0 fully saturated rings. The van der Waals surface area contributed by atoms with Crippen molar-refractivity contribution in [3.8, 4) is 0 Å². The van der Waals surface area contributed by atoms with Gasteiger partial charge in [0.25, 0.3) is 5.91 Å². The largest absolute Gasteiger partial charge is 0.480 e. The second-order valence-electron chi connectivity index (χ2n) is 5.04. The Kier molecular flexibility index (Phi) is 6.18. The Labute approximate surface area is 119 Å². The van der Waals surface area contributed by atoms with Crippen LogP contribution in [0.25, 0.3) is 0 Å². The number of likely N-dealkylation sites (N-methyl/N-ethyl adjacent to an activating group) is 1. The van der Waals surface area contributed by atoms with Crippen LogP contribution in [0.4, 0.5) is 0 Å². The molecule has 0 aliphatic heterocycles. The summed E-state index contributed by atoms with van der Waals surface area (Å²) < 4.78 is 0. The van der Waals surface area contributed by atoms with E-state index in [4.69, 9.17) is 5.11 Å². The van der Waals surface area contributed by atoms with Crippen LogP contribution >= 0.6 is 0 Å². The maximum atomic E-state index is 12.3. The summed E-state index contributed by atoms with van der Waals surface area (Å²) in [5.74, 6) is -1.51. The Morgan fingerprint density at radius 3 is 2.45 bits per heavy atom. The fraction of sp³-hybridized carbons (Fsp3) is 0.467. The summed E-state index contributed by atoms with van der Waals surface area (Å²) in [6.45, 7) is 4.30. The second kappa shape index (κ2) is 7.65. The molecule has 1 unspecified atom stereocenters. The van der Waals surface area contributed by atoms with Crippen molar-refractivity contribution < 1.29 is 14.7 Å². The van der Waals surface area contributed by atoms with E-state index >= 15 is 0 Å². The monoisotopic (exact) mass is 278 g/mol. The van der Waals surface area contributed by atoms with E-state index < -0.39 is 12.0 Å². The maximum absolute atomic E-state index is 12.3. The third-order valence-corrected chi connectivity index (χ3v) is 3.13. The van der Waals surface area contributed by atoms with Gasteiger partial charge >= 0.3 is 5.97 Å². The van der Waals surface area contributed by atoms with Crippen LogP contribution < -0.4 is 10.6 Å². The molecule has 0 radical (unpaired) electrons. The molecule has 1 aromatic rings. The average molecular weight is 278 g/mol. The number of carboxylic acids is 1. The van der Waals surface area contributed by atoms with Gasteiger partial charge in [0.05, 0.1) is 0 Å². The summed E-state index contributed by atoms with van der Waals surface area (Å²) in [6.07, 6.45) is 0.722. The SMILES string of the molecule is CNCCc1ccccc1C(=O)NC(C(=O)O)C(C)C. The number of aliphatic carboxylic acids is 1. The first-order valence-electron chi connectivity index (χ1n) is 6.73. The van der Waals surface area contributed by atoms with Crippen LogP contribution in [-0.4, -0.2) is 36.6 Å². The quantitative estimate of drug-likeness (QED) is 0.702. The van der Waals surface area contributed by atoms with E-state index in [1.54, 1.807) is 26.0 Å². The van der Waals surface area contributed by atoms with Crippen LogP contribution in [0.2, 0.25) is 0 Å². The predicted octanol–water partition coefficient (Wildman–Crippen LogP) is 1.29. The van der Waals surface area contributed by atoms with E-state index in [1.165, 1.54) is 0 Å². The molecule has 0 aliphatic rings. The van der Waals surface area contributed by atoms with Gasteiger partial charge in [-0.05, 0) is 37.6 Å². The van der Waals surface area contributed by atoms with Gasteiger partial charge in [-0.3, -0.25) is 4.79 Å². The van der Waals surface area contributed by atoms with Gasteiger partial charge in [-0.2, -0.15) is 0 Å². The zero-order valence-electron chi connectivity index (χ0n) is 12.1. The van der Waals surface area contributed by atoms with E-state index in [0.29, 0.717) is 5.56 Å². The van der Waals surface area contributed by atoms with Gasteiger partial charge in [0.1, 0.15) is 6.04 Å². The molecule has 110 valence electrons. The summed E-state index contributed by atoms with van der Waals surface area (Å²) in [5.41, 5.74) is 1.45. The highest BCUT2D eigenvalue weighted by Gasteiger charge is 2.24. The number of benzene rings is 1. The zero-order valence-corrected chi connectivity index (χ0v) is 12.1. The summed E-state index contributed by atoms with van der Waals surface area (Å²) in [7, 11) is 1.85. The number of nitrogens with one attached hydrogen (secondary N) is 2. The molecule has 0 aromatic heterocycles. The minimum absolute atomic E-state index is 0.166. The molecule has 0 heterocycles. The predicted molar refractivity (Wildman–Crippen MR) is 77.8 cm³/mol. The van der Waals surface area contributed by atoms with E-state index in [0.717, 1.165) is 18.5 Å². The van der Waals surface area contributed by atoms with Crippen molar-refractivity contribution in [2.75, 3.05) is 13.6 Å². The van der Waals surface area contributed by atoms with Gasteiger partial charge in [-0.1, -0.05) is 32.0 Å².